The fourth-order valence-electron chi connectivity index (χ4n) is 5.48. The molecule has 28 heavy (non-hydrogen) atoms. The van der Waals surface area contributed by atoms with E-state index >= 15 is 0 Å². The van der Waals surface area contributed by atoms with Gasteiger partial charge in [-0.05, 0) is 73.2 Å². The molecule has 0 unspecified atom stereocenters. The van der Waals surface area contributed by atoms with Gasteiger partial charge in [-0.15, -0.1) is 0 Å². The molecule has 2 heteroatoms. The number of fused-ring (bicyclic) bond motifs is 5. The van der Waals surface area contributed by atoms with Gasteiger partial charge in [0.25, 0.3) is 0 Å². The summed E-state index contributed by atoms with van der Waals surface area (Å²) in [6.07, 6.45) is 8.44. The molecule has 3 aromatic rings. The van der Waals surface area contributed by atoms with Crippen molar-refractivity contribution in [2.24, 2.45) is 0 Å². The zero-order valence-corrected chi connectivity index (χ0v) is 16.9. The molecule has 1 saturated carbocycles. The molecule has 0 radical (unpaired) electrons. The Balaban J connectivity index is 1.68. The average Bonchev–Trinajstić information content (AvgIpc) is 2.99. The van der Waals surface area contributed by atoms with Crippen LogP contribution in [0, 0.1) is 0 Å². The predicted octanol–water partition coefficient (Wildman–Crippen LogP) is 6.86. The van der Waals surface area contributed by atoms with Crippen molar-refractivity contribution < 1.29 is 0 Å². The van der Waals surface area contributed by atoms with E-state index in [1.807, 2.05) is 12.3 Å². The number of pyridine rings is 1. The molecule has 1 aromatic heterocycles. The second-order valence-electron chi connectivity index (χ2n) is 8.57. The Morgan fingerprint density at radius 1 is 0.821 bits per heavy atom. The summed E-state index contributed by atoms with van der Waals surface area (Å²) < 4.78 is 0. The SMILES string of the molecule is CC(C)N(c1ccc2c(c1)C1(CCCCC1)c1ccccc1-2)c1ccccn1. The number of rotatable bonds is 3. The maximum absolute atomic E-state index is 4.64. The molecule has 0 N–H and O–H groups in total. The van der Waals surface area contributed by atoms with Gasteiger partial charge in [0, 0.05) is 23.3 Å². The molecule has 0 aliphatic heterocycles. The minimum Gasteiger partial charge on any atom is -0.324 e. The molecule has 0 amide bonds. The fourth-order valence-corrected chi connectivity index (χ4v) is 5.48. The molecule has 2 aliphatic rings. The molecule has 1 heterocycles. The molecule has 2 nitrogen and oxygen atoms in total. The Morgan fingerprint density at radius 2 is 1.57 bits per heavy atom. The first-order valence-electron chi connectivity index (χ1n) is 10.7. The lowest BCUT2D eigenvalue weighted by Crippen LogP contribution is -2.29. The van der Waals surface area contributed by atoms with Crippen molar-refractivity contribution in [3.63, 3.8) is 0 Å². The van der Waals surface area contributed by atoms with Crippen LogP contribution in [0.1, 0.15) is 57.1 Å². The third-order valence-electron chi connectivity index (χ3n) is 6.65. The van der Waals surface area contributed by atoms with Crippen molar-refractivity contribution in [1.29, 1.82) is 0 Å². The van der Waals surface area contributed by atoms with Crippen molar-refractivity contribution >= 4 is 11.5 Å². The van der Waals surface area contributed by atoms with Crippen LogP contribution in [0.2, 0.25) is 0 Å². The van der Waals surface area contributed by atoms with Gasteiger partial charge >= 0.3 is 0 Å². The Kier molecular flexibility index (Phi) is 4.23. The van der Waals surface area contributed by atoms with Gasteiger partial charge in [0.1, 0.15) is 5.82 Å². The Morgan fingerprint density at radius 3 is 2.32 bits per heavy atom. The molecule has 2 aromatic carbocycles. The first kappa shape index (κ1) is 17.5. The largest absolute Gasteiger partial charge is 0.324 e. The van der Waals surface area contributed by atoms with E-state index in [4.69, 9.17) is 0 Å². The maximum atomic E-state index is 4.64. The highest BCUT2D eigenvalue weighted by atomic mass is 15.2. The second kappa shape index (κ2) is 6.77. The monoisotopic (exact) mass is 368 g/mol. The number of anilines is 2. The van der Waals surface area contributed by atoms with Gasteiger partial charge in [-0.25, -0.2) is 4.98 Å². The predicted molar refractivity (Wildman–Crippen MR) is 117 cm³/mol. The number of aromatic nitrogens is 1. The summed E-state index contributed by atoms with van der Waals surface area (Å²) in [6.45, 7) is 4.49. The van der Waals surface area contributed by atoms with Gasteiger partial charge in [0.15, 0.2) is 0 Å². The van der Waals surface area contributed by atoms with Gasteiger partial charge in [0.2, 0.25) is 0 Å². The third-order valence-corrected chi connectivity index (χ3v) is 6.65. The van der Waals surface area contributed by atoms with Crippen molar-refractivity contribution in [3.05, 3.63) is 78.0 Å². The van der Waals surface area contributed by atoms with E-state index in [1.54, 1.807) is 5.56 Å². The van der Waals surface area contributed by atoms with Crippen LogP contribution in [0.15, 0.2) is 66.9 Å². The Labute approximate surface area is 168 Å². The quantitative estimate of drug-likeness (QED) is 0.502. The number of benzene rings is 2. The van der Waals surface area contributed by atoms with Gasteiger partial charge in [-0.1, -0.05) is 55.7 Å². The Hall–Kier alpha value is -2.61. The zero-order valence-electron chi connectivity index (χ0n) is 16.9. The molecule has 0 atom stereocenters. The summed E-state index contributed by atoms with van der Waals surface area (Å²) in [4.78, 5) is 7.00. The summed E-state index contributed by atoms with van der Waals surface area (Å²) in [5.74, 6) is 1.02. The number of hydrogen-bond acceptors (Lipinski definition) is 2. The summed E-state index contributed by atoms with van der Waals surface area (Å²) in [5.41, 5.74) is 7.42. The zero-order chi connectivity index (χ0) is 19.1. The summed E-state index contributed by atoms with van der Waals surface area (Å²) >= 11 is 0. The van der Waals surface area contributed by atoms with Crippen LogP contribution in [0.25, 0.3) is 11.1 Å². The van der Waals surface area contributed by atoms with Crippen LogP contribution >= 0.6 is 0 Å². The van der Waals surface area contributed by atoms with Crippen molar-refractivity contribution in [2.75, 3.05) is 4.90 Å². The molecule has 1 spiro atoms. The molecular weight excluding hydrogens is 340 g/mol. The smallest absolute Gasteiger partial charge is 0.133 e. The van der Waals surface area contributed by atoms with Gasteiger partial charge in [-0.2, -0.15) is 0 Å². The average molecular weight is 369 g/mol. The van der Waals surface area contributed by atoms with E-state index in [2.05, 4.69) is 78.3 Å². The van der Waals surface area contributed by atoms with Crippen LogP contribution < -0.4 is 4.90 Å². The van der Waals surface area contributed by atoms with Crippen molar-refractivity contribution in [3.8, 4) is 11.1 Å². The summed E-state index contributed by atoms with van der Waals surface area (Å²) in [5, 5.41) is 0. The van der Waals surface area contributed by atoms with Crippen molar-refractivity contribution in [1.82, 2.24) is 4.98 Å². The lowest BCUT2D eigenvalue weighted by Gasteiger charge is -2.37. The molecule has 1 fully saturated rings. The van der Waals surface area contributed by atoms with Gasteiger partial charge < -0.3 is 4.90 Å². The molecule has 2 aliphatic carbocycles. The minimum atomic E-state index is 0.201. The van der Waals surface area contributed by atoms with E-state index in [-0.39, 0.29) is 5.41 Å². The highest BCUT2D eigenvalue weighted by Gasteiger charge is 2.43. The lowest BCUT2D eigenvalue weighted by molar-refractivity contribution is 0.353. The topological polar surface area (TPSA) is 16.1 Å². The number of nitrogens with zero attached hydrogens (tertiary/aromatic N) is 2. The van der Waals surface area contributed by atoms with E-state index in [1.165, 1.54) is 54.5 Å². The van der Waals surface area contributed by atoms with E-state index in [0.29, 0.717) is 6.04 Å². The van der Waals surface area contributed by atoms with Crippen LogP contribution in [0.5, 0.6) is 0 Å². The molecule has 0 bridgehead atoms. The van der Waals surface area contributed by atoms with Crippen LogP contribution in [0.3, 0.4) is 0 Å². The Bertz CT molecular complexity index is 984. The van der Waals surface area contributed by atoms with E-state index < -0.39 is 0 Å². The highest BCUT2D eigenvalue weighted by molar-refractivity contribution is 5.83. The first-order chi connectivity index (χ1) is 13.7. The normalized spacial score (nSPS) is 16.8. The molecular formula is C26H28N2. The van der Waals surface area contributed by atoms with Crippen LogP contribution in [-0.2, 0) is 5.41 Å². The molecule has 0 saturated heterocycles. The second-order valence-corrected chi connectivity index (χ2v) is 8.57. The van der Waals surface area contributed by atoms with Crippen LogP contribution in [0.4, 0.5) is 11.5 Å². The summed E-state index contributed by atoms with van der Waals surface area (Å²) in [7, 11) is 0. The third kappa shape index (κ3) is 2.58. The van der Waals surface area contributed by atoms with Crippen LogP contribution in [-0.4, -0.2) is 11.0 Å². The van der Waals surface area contributed by atoms with Gasteiger partial charge in [0.05, 0.1) is 0 Å². The maximum Gasteiger partial charge on any atom is 0.133 e. The molecule has 5 rings (SSSR count). The first-order valence-corrected chi connectivity index (χ1v) is 10.7. The van der Waals surface area contributed by atoms with Gasteiger partial charge in [-0.3, -0.25) is 0 Å². The van der Waals surface area contributed by atoms with Crippen molar-refractivity contribution in [2.45, 2.75) is 57.4 Å². The fraction of sp³-hybridized carbons (Fsp3) is 0.346. The van der Waals surface area contributed by atoms with E-state index in [9.17, 15) is 0 Å². The number of hydrogen-bond donors (Lipinski definition) is 0. The van der Waals surface area contributed by atoms with E-state index in [0.717, 1.165) is 5.82 Å². The highest BCUT2D eigenvalue weighted by Crippen LogP contribution is 2.56. The minimum absolute atomic E-state index is 0.201. The summed E-state index contributed by atoms with van der Waals surface area (Å²) in [6, 6.07) is 22.7. The molecule has 142 valence electrons. The standard InChI is InChI=1S/C26H28N2/c1-19(2)28(25-12-6-9-17-27-25)20-13-14-22-21-10-4-5-11-23(21)26(24(22)18-20)15-7-3-8-16-26/h4-6,9-14,17-19H,3,7-8,15-16H2,1-2H3. The lowest BCUT2D eigenvalue weighted by atomic mass is 9.68.